The number of hydrogen-bond acceptors (Lipinski definition) is 4. The van der Waals surface area contributed by atoms with Gasteiger partial charge in [0.2, 0.25) is 10.0 Å². The molecule has 1 aromatic rings. The fourth-order valence-corrected chi connectivity index (χ4v) is 3.14. The summed E-state index contributed by atoms with van der Waals surface area (Å²) in [4.78, 5) is -0.357. The second kappa shape index (κ2) is 6.61. The Morgan fingerprint density at radius 2 is 2.21 bits per heavy atom. The first-order chi connectivity index (χ1) is 8.96. The van der Waals surface area contributed by atoms with E-state index in [-0.39, 0.29) is 11.4 Å². The zero-order valence-electron chi connectivity index (χ0n) is 10.6. The lowest BCUT2D eigenvalue weighted by molar-refractivity contribution is 0.525. The van der Waals surface area contributed by atoms with Crippen molar-refractivity contribution in [2.45, 2.75) is 30.7 Å². The molecule has 0 heterocycles. The number of nitrogens with two attached hydrogens (primary N) is 1. The van der Waals surface area contributed by atoms with Gasteiger partial charge in [0.05, 0.1) is 0 Å². The molecule has 0 radical (unpaired) electrons. The lowest BCUT2D eigenvalue weighted by atomic mass is 10.2. The summed E-state index contributed by atoms with van der Waals surface area (Å²) < 4.78 is 40.0. The van der Waals surface area contributed by atoms with E-state index in [2.05, 4.69) is 4.72 Å². The Morgan fingerprint density at radius 1 is 1.53 bits per heavy atom. The van der Waals surface area contributed by atoms with Crippen molar-refractivity contribution in [1.29, 1.82) is 5.26 Å². The van der Waals surface area contributed by atoms with Crippen molar-refractivity contribution in [2.24, 2.45) is 5.73 Å². The van der Waals surface area contributed by atoms with Crippen molar-refractivity contribution >= 4 is 10.0 Å². The van der Waals surface area contributed by atoms with Crippen LogP contribution in [0.3, 0.4) is 0 Å². The number of halogens is 1. The Bertz CT molecular complexity index is 581. The third-order valence-corrected chi connectivity index (χ3v) is 4.18. The molecule has 1 rings (SSSR count). The van der Waals surface area contributed by atoms with Gasteiger partial charge >= 0.3 is 0 Å². The first kappa shape index (κ1) is 15.6. The molecule has 0 aliphatic heterocycles. The van der Waals surface area contributed by atoms with E-state index < -0.39 is 27.4 Å². The molecule has 0 fully saturated rings. The topological polar surface area (TPSA) is 96.0 Å². The number of hydrogen-bond donors (Lipinski definition) is 2. The smallest absolute Gasteiger partial charge is 0.242 e. The van der Waals surface area contributed by atoms with Gasteiger partial charge in [-0.25, -0.2) is 17.5 Å². The van der Waals surface area contributed by atoms with E-state index in [9.17, 15) is 12.8 Å². The van der Waals surface area contributed by atoms with Crippen LogP contribution < -0.4 is 10.5 Å². The molecule has 1 atom stereocenters. The van der Waals surface area contributed by atoms with Crippen LogP contribution in [-0.2, 0) is 10.0 Å². The highest BCUT2D eigenvalue weighted by Crippen LogP contribution is 2.18. The van der Waals surface area contributed by atoms with Gasteiger partial charge in [-0.3, -0.25) is 0 Å². The maximum atomic E-state index is 13.4. The van der Waals surface area contributed by atoms with Crippen LogP contribution in [0.4, 0.5) is 4.39 Å². The second-order valence-corrected chi connectivity index (χ2v) is 5.75. The van der Waals surface area contributed by atoms with Gasteiger partial charge in [-0.2, -0.15) is 5.26 Å². The van der Waals surface area contributed by atoms with Crippen molar-refractivity contribution in [2.75, 3.05) is 6.54 Å². The summed E-state index contributed by atoms with van der Waals surface area (Å²) in [5, 5.41) is 8.85. The predicted molar refractivity (Wildman–Crippen MR) is 69.2 cm³/mol. The minimum Gasteiger partial charge on any atom is -0.329 e. The van der Waals surface area contributed by atoms with Crippen LogP contribution in [0.5, 0.6) is 0 Å². The van der Waals surface area contributed by atoms with E-state index in [0.717, 1.165) is 12.5 Å². The summed E-state index contributed by atoms with van der Waals surface area (Å²) >= 11 is 0. The Labute approximate surface area is 112 Å². The molecule has 0 saturated carbocycles. The van der Waals surface area contributed by atoms with E-state index in [4.69, 9.17) is 11.0 Å². The van der Waals surface area contributed by atoms with Crippen molar-refractivity contribution in [3.63, 3.8) is 0 Å². The molecule has 5 nitrogen and oxygen atoms in total. The summed E-state index contributed by atoms with van der Waals surface area (Å²) in [6.07, 6.45) is 1.34. The molecule has 0 spiro atoms. The van der Waals surface area contributed by atoms with E-state index in [1.165, 1.54) is 12.1 Å². The fourth-order valence-electron chi connectivity index (χ4n) is 1.69. The zero-order chi connectivity index (χ0) is 14.5. The molecule has 3 N–H and O–H groups in total. The summed E-state index contributed by atoms with van der Waals surface area (Å²) in [5.74, 6) is -0.856. The number of benzene rings is 1. The van der Waals surface area contributed by atoms with Gasteiger partial charge in [-0.15, -0.1) is 0 Å². The van der Waals surface area contributed by atoms with Crippen LogP contribution in [0, 0.1) is 17.1 Å². The lowest BCUT2D eigenvalue weighted by Gasteiger charge is -2.16. The molecule has 7 heteroatoms. The van der Waals surface area contributed by atoms with Crippen molar-refractivity contribution in [3.8, 4) is 6.07 Å². The number of nitrogens with zero attached hydrogens (tertiary/aromatic N) is 1. The minimum atomic E-state index is -3.95. The molecular weight excluding hydrogens is 269 g/mol. The van der Waals surface area contributed by atoms with E-state index in [0.29, 0.717) is 6.42 Å². The fraction of sp³-hybridized carbons (Fsp3) is 0.417. The van der Waals surface area contributed by atoms with Crippen molar-refractivity contribution in [3.05, 3.63) is 29.6 Å². The third-order valence-electron chi connectivity index (χ3n) is 2.62. The van der Waals surface area contributed by atoms with Crippen LogP contribution in [-0.4, -0.2) is 21.0 Å². The molecule has 0 amide bonds. The number of sulfonamides is 1. The van der Waals surface area contributed by atoms with Crippen LogP contribution in [0.25, 0.3) is 0 Å². The number of rotatable bonds is 6. The molecule has 0 saturated heterocycles. The highest BCUT2D eigenvalue weighted by Gasteiger charge is 2.23. The molecule has 0 bridgehead atoms. The van der Waals surface area contributed by atoms with E-state index in [1.54, 1.807) is 6.07 Å². The van der Waals surface area contributed by atoms with Gasteiger partial charge < -0.3 is 5.73 Å². The second-order valence-electron chi connectivity index (χ2n) is 4.07. The van der Waals surface area contributed by atoms with Crippen LogP contribution >= 0.6 is 0 Å². The molecular formula is C12H16FN3O2S. The Hall–Kier alpha value is -1.49. The lowest BCUT2D eigenvalue weighted by Crippen LogP contribution is -2.40. The zero-order valence-corrected chi connectivity index (χ0v) is 11.4. The summed E-state index contributed by atoms with van der Waals surface area (Å²) in [5.41, 5.74) is 4.99. The maximum absolute atomic E-state index is 13.4. The van der Waals surface area contributed by atoms with Gasteiger partial charge in [0.25, 0.3) is 0 Å². The van der Waals surface area contributed by atoms with E-state index >= 15 is 0 Å². The minimum absolute atomic E-state index is 0.143. The number of nitrogens with one attached hydrogen (secondary N) is 1. The highest BCUT2D eigenvalue weighted by atomic mass is 32.2. The molecule has 1 aromatic carbocycles. The SMILES string of the molecule is CCCC(CN)NS(=O)(=O)c1cccc(F)c1C#N. The molecule has 1 unspecified atom stereocenters. The highest BCUT2D eigenvalue weighted by molar-refractivity contribution is 7.89. The average Bonchev–Trinajstić information content (AvgIpc) is 2.37. The predicted octanol–water partition coefficient (Wildman–Crippen LogP) is 1.10. The third kappa shape index (κ3) is 3.73. The Kier molecular flexibility index (Phi) is 5.42. The summed E-state index contributed by atoms with van der Waals surface area (Å²) in [7, 11) is -3.95. The van der Waals surface area contributed by atoms with E-state index in [1.807, 2.05) is 6.92 Å². The Morgan fingerprint density at radius 3 is 2.74 bits per heavy atom. The van der Waals surface area contributed by atoms with Gasteiger partial charge in [-0.05, 0) is 18.6 Å². The molecule has 19 heavy (non-hydrogen) atoms. The molecule has 0 aromatic heterocycles. The quantitative estimate of drug-likeness (QED) is 0.818. The van der Waals surface area contributed by atoms with Crippen LogP contribution in [0.15, 0.2) is 23.1 Å². The van der Waals surface area contributed by atoms with Gasteiger partial charge in [-0.1, -0.05) is 19.4 Å². The van der Waals surface area contributed by atoms with Gasteiger partial charge in [0, 0.05) is 12.6 Å². The van der Waals surface area contributed by atoms with Gasteiger partial charge in [0.15, 0.2) is 0 Å². The maximum Gasteiger partial charge on any atom is 0.242 e. The van der Waals surface area contributed by atoms with Crippen LogP contribution in [0.1, 0.15) is 25.3 Å². The number of nitriles is 1. The molecule has 104 valence electrons. The largest absolute Gasteiger partial charge is 0.329 e. The molecule has 0 aliphatic rings. The van der Waals surface area contributed by atoms with Crippen molar-refractivity contribution < 1.29 is 12.8 Å². The summed E-state index contributed by atoms with van der Waals surface area (Å²) in [6.45, 7) is 2.05. The average molecular weight is 285 g/mol. The monoisotopic (exact) mass is 285 g/mol. The van der Waals surface area contributed by atoms with Crippen LogP contribution in [0.2, 0.25) is 0 Å². The first-order valence-electron chi connectivity index (χ1n) is 5.87. The first-order valence-corrected chi connectivity index (χ1v) is 7.35. The Balaban J connectivity index is 3.15. The van der Waals surface area contributed by atoms with Crippen molar-refractivity contribution in [1.82, 2.24) is 4.72 Å². The standard InChI is InChI=1S/C12H16FN3O2S/c1-2-4-9(7-14)16-19(17,18)12-6-3-5-11(13)10(12)8-15/h3,5-6,9,16H,2,4,7,14H2,1H3. The summed E-state index contributed by atoms with van der Waals surface area (Å²) in [6, 6.07) is 4.64. The molecule has 0 aliphatic carbocycles. The van der Waals surface area contributed by atoms with Gasteiger partial charge in [0.1, 0.15) is 22.3 Å². The normalized spacial score (nSPS) is 12.9.